The van der Waals surface area contributed by atoms with Crippen molar-refractivity contribution >= 4 is 23.4 Å². The third-order valence-electron chi connectivity index (χ3n) is 3.73. The summed E-state index contributed by atoms with van der Waals surface area (Å²) in [5.41, 5.74) is 8.29. The number of thioether (sulfide) groups is 1. The summed E-state index contributed by atoms with van der Waals surface area (Å²) >= 11 is 8.11. The highest BCUT2D eigenvalue weighted by Crippen LogP contribution is 2.26. The van der Waals surface area contributed by atoms with Crippen LogP contribution in [0.3, 0.4) is 0 Å². The monoisotopic (exact) mass is 300 g/mol. The summed E-state index contributed by atoms with van der Waals surface area (Å²) in [7, 11) is 2.15. The predicted molar refractivity (Wildman–Crippen MR) is 88.2 cm³/mol. The van der Waals surface area contributed by atoms with Crippen molar-refractivity contribution in [3.05, 3.63) is 34.3 Å². The number of hydrogen-bond donors (Lipinski definition) is 1. The molecule has 0 amide bonds. The van der Waals surface area contributed by atoms with Crippen molar-refractivity contribution in [2.24, 2.45) is 5.73 Å². The maximum atomic E-state index is 6.22. The molecular formula is C15H25ClN2S. The van der Waals surface area contributed by atoms with E-state index in [1.54, 1.807) is 0 Å². The molecule has 0 saturated heterocycles. The van der Waals surface area contributed by atoms with Crippen molar-refractivity contribution in [3.8, 4) is 0 Å². The molecule has 0 aliphatic rings. The summed E-state index contributed by atoms with van der Waals surface area (Å²) in [6.07, 6.45) is 3.32. The zero-order chi connectivity index (χ0) is 14.4. The summed E-state index contributed by atoms with van der Waals surface area (Å²) in [5.74, 6) is 1.18. The molecule has 1 aromatic rings. The Kier molecular flexibility index (Phi) is 7.22. The number of rotatable bonds is 7. The first-order chi connectivity index (χ1) is 9.01. The minimum absolute atomic E-state index is 0.231. The molecule has 19 heavy (non-hydrogen) atoms. The Morgan fingerprint density at radius 3 is 2.63 bits per heavy atom. The van der Waals surface area contributed by atoms with Crippen LogP contribution in [-0.4, -0.2) is 36.5 Å². The number of aryl methyl sites for hydroxylation is 1. The Bertz CT molecular complexity index is 398. The highest BCUT2D eigenvalue weighted by atomic mass is 35.5. The first kappa shape index (κ1) is 16.8. The van der Waals surface area contributed by atoms with Gasteiger partial charge < -0.3 is 5.73 Å². The summed E-state index contributed by atoms with van der Waals surface area (Å²) in [6.45, 7) is 4.89. The molecule has 1 rings (SSSR count). The lowest BCUT2D eigenvalue weighted by Gasteiger charge is -2.33. The van der Waals surface area contributed by atoms with Crippen LogP contribution in [0.25, 0.3) is 0 Å². The van der Waals surface area contributed by atoms with Crippen LogP contribution in [0.2, 0.25) is 5.02 Å². The molecule has 0 heterocycles. The Morgan fingerprint density at radius 1 is 1.42 bits per heavy atom. The van der Waals surface area contributed by atoms with Crippen LogP contribution >= 0.6 is 23.4 Å². The van der Waals surface area contributed by atoms with Gasteiger partial charge in [-0.05, 0) is 56.5 Å². The highest BCUT2D eigenvalue weighted by Gasteiger charge is 2.20. The molecule has 2 unspecified atom stereocenters. The average Bonchev–Trinajstić information content (AvgIpc) is 2.40. The first-order valence-corrected chi connectivity index (χ1v) is 8.45. The summed E-state index contributed by atoms with van der Waals surface area (Å²) in [5, 5.41) is 0.820. The molecular weight excluding hydrogens is 276 g/mol. The number of likely N-dealkylation sites (N-methyl/N-ethyl adjacent to an activating group) is 1. The molecule has 0 aromatic heterocycles. The molecule has 2 N–H and O–H groups in total. The zero-order valence-electron chi connectivity index (χ0n) is 12.3. The van der Waals surface area contributed by atoms with E-state index in [1.807, 2.05) is 24.8 Å². The molecule has 0 spiro atoms. The van der Waals surface area contributed by atoms with Gasteiger partial charge in [0.15, 0.2) is 0 Å². The van der Waals surface area contributed by atoms with Gasteiger partial charge in [0.25, 0.3) is 0 Å². The van der Waals surface area contributed by atoms with Crippen LogP contribution in [0.15, 0.2) is 18.2 Å². The van der Waals surface area contributed by atoms with E-state index in [2.05, 4.69) is 37.3 Å². The molecule has 0 fully saturated rings. The average molecular weight is 301 g/mol. The van der Waals surface area contributed by atoms with E-state index < -0.39 is 0 Å². The molecule has 0 saturated carbocycles. The Morgan fingerprint density at radius 2 is 2.11 bits per heavy atom. The topological polar surface area (TPSA) is 29.3 Å². The Labute approximate surface area is 126 Å². The van der Waals surface area contributed by atoms with Crippen molar-refractivity contribution < 1.29 is 0 Å². The maximum Gasteiger partial charge on any atom is 0.0470 e. The smallest absolute Gasteiger partial charge is 0.0470 e. The third kappa shape index (κ3) is 4.67. The van der Waals surface area contributed by atoms with Crippen molar-refractivity contribution in [2.45, 2.75) is 32.4 Å². The molecule has 1 aromatic carbocycles. The van der Waals surface area contributed by atoms with Gasteiger partial charge in [0, 0.05) is 23.7 Å². The van der Waals surface area contributed by atoms with Crippen LogP contribution in [0, 0.1) is 6.92 Å². The number of nitrogens with zero attached hydrogens (tertiary/aromatic N) is 1. The molecule has 0 radical (unpaired) electrons. The fourth-order valence-electron chi connectivity index (χ4n) is 2.15. The number of benzene rings is 1. The molecule has 2 nitrogen and oxygen atoms in total. The fourth-order valence-corrected chi connectivity index (χ4v) is 2.92. The number of nitrogens with two attached hydrogens (primary N) is 1. The molecule has 2 atom stereocenters. The van der Waals surface area contributed by atoms with Gasteiger partial charge in [0.2, 0.25) is 0 Å². The largest absolute Gasteiger partial charge is 0.329 e. The Balaban J connectivity index is 2.83. The van der Waals surface area contributed by atoms with Crippen LogP contribution in [0.5, 0.6) is 0 Å². The normalized spacial score (nSPS) is 14.7. The van der Waals surface area contributed by atoms with Crippen molar-refractivity contribution in [2.75, 3.05) is 25.6 Å². The van der Waals surface area contributed by atoms with E-state index in [1.165, 1.54) is 17.7 Å². The molecule has 4 heteroatoms. The summed E-state index contributed by atoms with van der Waals surface area (Å²) < 4.78 is 0. The predicted octanol–water partition coefficient (Wildman–Crippen LogP) is 3.72. The molecule has 0 aliphatic carbocycles. The zero-order valence-corrected chi connectivity index (χ0v) is 13.9. The lowest BCUT2D eigenvalue weighted by molar-refractivity contribution is 0.185. The maximum absolute atomic E-state index is 6.22. The van der Waals surface area contributed by atoms with Gasteiger partial charge >= 0.3 is 0 Å². The minimum atomic E-state index is 0.231. The third-order valence-corrected chi connectivity index (χ3v) is 4.78. The number of halogens is 1. The second kappa shape index (κ2) is 8.15. The van der Waals surface area contributed by atoms with Gasteiger partial charge in [0.05, 0.1) is 0 Å². The van der Waals surface area contributed by atoms with Crippen LogP contribution in [-0.2, 0) is 0 Å². The van der Waals surface area contributed by atoms with Crippen LogP contribution in [0.4, 0.5) is 0 Å². The van der Waals surface area contributed by atoms with Gasteiger partial charge in [-0.3, -0.25) is 4.90 Å². The van der Waals surface area contributed by atoms with Gasteiger partial charge in [-0.25, -0.2) is 0 Å². The van der Waals surface area contributed by atoms with Crippen molar-refractivity contribution in [1.29, 1.82) is 0 Å². The fraction of sp³-hybridized carbons (Fsp3) is 0.600. The quantitative estimate of drug-likeness (QED) is 0.832. The number of hydrogen-bond acceptors (Lipinski definition) is 3. The van der Waals surface area contributed by atoms with Crippen molar-refractivity contribution in [3.63, 3.8) is 0 Å². The van der Waals surface area contributed by atoms with E-state index in [0.29, 0.717) is 12.6 Å². The molecule has 0 aliphatic heterocycles. The van der Waals surface area contributed by atoms with Gasteiger partial charge in [-0.2, -0.15) is 11.8 Å². The lowest BCUT2D eigenvalue weighted by atomic mass is 10.0. The van der Waals surface area contributed by atoms with E-state index in [9.17, 15) is 0 Å². The standard InChI is InChI=1S/C15H25ClN2S/c1-11-5-6-13(9-14(11)16)15(10-17)18(3)12(2)7-8-19-4/h5-6,9,12,15H,7-8,10,17H2,1-4H3. The lowest BCUT2D eigenvalue weighted by Crippen LogP contribution is -2.37. The van der Waals surface area contributed by atoms with E-state index >= 15 is 0 Å². The van der Waals surface area contributed by atoms with Gasteiger partial charge in [0.1, 0.15) is 0 Å². The minimum Gasteiger partial charge on any atom is -0.329 e. The second-order valence-corrected chi connectivity index (χ2v) is 6.45. The summed E-state index contributed by atoms with van der Waals surface area (Å²) in [4.78, 5) is 2.36. The molecule has 108 valence electrons. The van der Waals surface area contributed by atoms with Crippen molar-refractivity contribution in [1.82, 2.24) is 4.90 Å². The second-order valence-electron chi connectivity index (χ2n) is 5.06. The van der Waals surface area contributed by atoms with Gasteiger partial charge in [-0.1, -0.05) is 23.7 Å². The van der Waals surface area contributed by atoms with E-state index in [4.69, 9.17) is 17.3 Å². The van der Waals surface area contributed by atoms with Crippen LogP contribution < -0.4 is 5.73 Å². The summed E-state index contributed by atoms with van der Waals surface area (Å²) in [6, 6.07) is 7.00. The van der Waals surface area contributed by atoms with E-state index in [-0.39, 0.29) is 6.04 Å². The highest BCUT2D eigenvalue weighted by molar-refractivity contribution is 7.98. The first-order valence-electron chi connectivity index (χ1n) is 6.68. The molecule has 0 bridgehead atoms. The Hall–Kier alpha value is -0.220. The van der Waals surface area contributed by atoms with Gasteiger partial charge in [-0.15, -0.1) is 0 Å². The van der Waals surface area contributed by atoms with E-state index in [0.717, 1.165) is 10.6 Å². The SMILES string of the molecule is CSCCC(C)N(C)C(CN)c1ccc(C)c(Cl)c1. The van der Waals surface area contributed by atoms with Crippen LogP contribution in [0.1, 0.15) is 30.5 Å².